The molecule has 0 aromatic rings. The van der Waals surface area contributed by atoms with Crippen LogP contribution < -0.4 is 5.32 Å². The van der Waals surface area contributed by atoms with Gasteiger partial charge >= 0.3 is 0 Å². The zero-order valence-corrected chi connectivity index (χ0v) is 10.5. The van der Waals surface area contributed by atoms with Crippen molar-refractivity contribution < 1.29 is 4.74 Å². The van der Waals surface area contributed by atoms with Gasteiger partial charge in [-0.15, -0.1) is 0 Å². The molecule has 1 saturated carbocycles. The third-order valence-corrected chi connectivity index (χ3v) is 3.34. The van der Waals surface area contributed by atoms with Crippen LogP contribution in [0.25, 0.3) is 0 Å². The average Bonchev–Trinajstić information content (AvgIpc) is 2.00. The minimum absolute atomic E-state index is 0.292. The van der Waals surface area contributed by atoms with E-state index in [2.05, 4.69) is 39.9 Å². The van der Waals surface area contributed by atoms with Crippen molar-refractivity contribution >= 4 is 0 Å². The third-order valence-electron chi connectivity index (χ3n) is 3.34. The molecule has 2 unspecified atom stereocenters. The topological polar surface area (TPSA) is 21.3 Å². The fourth-order valence-electron chi connectivity index (χ4n) is 2.06. The molecule has 0 aromatic carbocycles. The quantitative estimate of drug-likeness (QED) is 0.754. The lowest BCUT2D eigenvalue weighted by Crippen LogP contribution is -2.61. The van der Waals surface area contributed by atoms with Gasteiger partial charge in [0.05, 0.1) is 6.10 Å². The van der Waals surface area contributed by atoms with Gasteiger partial charge in [-0.1, -0.05) is 34.6 Å². The largest absolute Gasteiger partial charge is 0.381 e. The van der Waals surface area contributed by atoms with Gasteiger partial charge in [-0.05, 0) is 11.8 Å². The fourth-order valence-corrected chi connectivity index (χ4v) is 2.06. The Balaban J connectivity index is 2.36. The molecule has 0 amide bonds. The Labute approximate surface area is 88.4 Å². The molecule has 1 rings (SSSR count). The molecule has 1 aliphatic rings. The first kappa shape index (κ1) is 12.0. The van der Waals surface area contributed by atoms with Crippen LogP contribution in [0.4, 0.5) is 0 Å². The zero-order valence-electron chi connectivity index (χ0n) is 10.5. The molecule has 1 aliphatic carbocycles. The summed E-state index contributed by atoms with van der Waals surface area (Å²) < 4.78 is 5.42. The van der Waals surface area contributed by atoms with Gasteiger partial charge in [-0.2, -0.15) is 0 Å². The first-order valence-electron chi connectivity index (χ1n) is 5.53. The maximum Gasteiger partial charge on any atom is 0.0652 e. The molecule has 0 heterocycles. The monoisotopic (exact) mass is 199 g/mol. The van der Waals surface area contributed by atoms with Crippen LogP contribution in [-0.2, 0) is 4.74 Å². The highest BCUT2D eigenvalue weighted by molar-refractivity contribution is 5.02. The molecule has 0 spiro atoms. The Morgan fingerprint density at radius 1 is 1.36 bits per heavy atom. The SMILES string of the molecule is COC1CC(NCC(C)(C)C)C1(C)C. The van der Waals surface area contributed by atoms with E-state index < -0.39 is 0 Å². The van der Waals surface area contributed by atoms with Gasteiger partial charge in [0.2, 0.25) is 0 Å². The van der Waals surface area contributed by atoms with Crippen LogP contribution in [-0.4, -0.2) is 25.8 Å². The van der Waals surface area contributed by atoms with Gasteiger partial charge < -0.3 is 10.1 Å². The molecular formula is C12H25NO. The summed E-state index contributed by atoms with van der Waals surface area (Å²) in [6, 6.07) is 0.617. The van der Waals surface area contributed by atoms with E-state index in [9.17, 15) is 0 Å². The number of hydrogen-bond donors (Lipinski definition) is 1. The summed E-state index contributed by atoms with van der Waals surface area (Å²) in [5.74, 6) is 0. The van der Waals surface area contributed by atoms with Crippen LogP contribution in [0.15, 0.2) is 0 Å². The third kappa shape index (κ3) is 2.48. The van der Waals surface area contributed by atoms with Crippen molar-refractivity contribution in [1.82, 2.24) is 5.32 Å². The Morgan fingerprint density at radius 3 is 2.29 bits per heavy atom. The van der Waals surface area contributed by atoms with Crippen molar-refractivity contribution in [2.75, 3.05) is 13.7 Å². The van der Waals surface area contributed by atoms with Crippen molar-refractivity contribution in [1.29, 1.82) is 0 Å². The molecule has 0 bridgehead atoms. The highest BCUT2D eigenvalue weighted by Crippen LogP contribution is 2.42. The zero-order chi connectivity index (χ0) is 11.0. The van der Waals surface area contributed by atoms with E-state index in [1.54, 1.807) is 0 Å². The van der Waals surface area contributed by atoms with E-state index in [1.807, 2.05) is 7.11 Å². The van der Waals surface area contributed by atoms with Crippen molar-refractivity contribution in [3.05, 3.63) is 0 Å². The molecular weight excluding hydrogens is 174 g/mol. The summed E-state index contributed by atoms with van der Waals surface area (Å²) in [5, 5.41) is 3.63. The van der Waals surface area contributed by atoms with Gasteiger partial charge in [-0.25, -0.2) is 0 Å². The molecule has 84 valence electrons. The summed E-state index contributed by atoms with van der Waals surface area (Å²) in [6.07, 6.45) is 1.58. The van der Waals surface area contributed by atoms with Crippen LogP contribution in [0.2, 0.25) is 0 Å². The van der Waals surface area contributed by atoms with E-state index in [-0.39, 0.29) is 0 Å². The summed E-state index contributed by atoms with van der Waals surface area (Å²) in [5.41, 5.74) is 0.661. The van der Waals surface area contributed by atoms with Gasteiger partial charge in [0.25, 0.3) is 0 Å². The first-order chi connectivity index (χ1) is 6.27. The van der Waals surface area contributed by atoms with Gasteiger partial charge in [0, 0.05) is 25.1 Å². The lowest BCUT2D eigenvalue weighted by molar-refractivity contribution is -0.0988. The summed E-state index contributed by atoms with van der Waals surface area (Å²) >= 11 is 0. The van der Waals surface area contributed by atoms with Crippen molar-refractivity contribution in [3.63, 3.8) is 0 Å². The molecule has 14 heavy (non-hydrogen) atoms. The van der Waals surface area contributed by atoms with E-state index in [0.717, 1.165) is 13.0 Å². The van der Waals surface area contributed by atoms with Crippen LogP contribution in [0.5, 0.6) is 0 Å². The molecule has 0 aromatic heterocycles. The molecule has 0 radical (unpaired) electrons. The lowest BCUT2D eigenvalue weighted by atomic mass is 9.64. The molecule has 2 nitrogen and oxygen atoms in total. The van der Waals surface area contributed by atoms with Crippen molar-refractivity contribution in [2.45, 2.75) is 53.2 Å². The second-order valence-corrected chi connectivity index (χ2v) is 6.28. The first-order valence-corrected chi connectivity index (χ1v) is 5.53. The van der Waals surface area contributed by atoms with Crippen LogP contribution in [0, 0.1) is 10.8 Å². The molecule has 2 heteroatoms. The maximum atomic E-state index is 5.42. The van der Waals surface area contributed by atoms with Crippen LogP contribution in [0.1, 0.15) is 41.0 Å². The van der Waals surface area contributed by atoms with E-state index in [4.69, 9.17) is 4.74 Å². The number of methoxy groups -OCH3 is 1. The molecule has 1 N–H and O–H groups in total. The second kappa shape index (κ2) is 3.82. The second-order valence-electron chi connectivity index (χ2n) is 6.28. The average molecular weight is 199 g/mol. The van der Waals surface area contributed by atoms with Crippen LogP contribution in [0.3, 0.4) is 0 Å². The molecule has 0 aliphatic heterocycles. The minimum Gasteiger partial charge on any atom is -0.381 e. The Bertz CT molecular complexity index is 193. The van der Waals surface area contributed by atoms with E-state index >= 15 is 0 Å². The molecule has 1 fully saturated rings. The minimum atomic E-state index is 0.292. The maximum absolute atomic E-state index is 5.42. The highest BCUT2D eigenvalue weighted by atomic mass is 16.5. The number of hydrogen-bond acceptors (Lipinski definition) is 2. The smallest absolute Gasteiger partial charge is 0.0652 e. The summed E-state index contributed by atoms with van der Waals surface area (Å²) in [6.45, 7) is 12.4. The summed E-state index contributed by atoms with van der Waals surface area (Å²) in [7, 11) is 1.81. The Hall–Kier alpha value is -0.0800. The van der Waals surface area contributed by atoms with Gasteiger partial charge in [0.15, 0.2) is 0 Å². The van der Waals surface area contributed by atoms with E-state index in [0.29, 0.717) is 23.0 Å². The Kier molecular flexibility index (Phi) is 3.27. The standard InChI is InChI=1S/C12H25NO/c1-11(2,3)8-13-9-7-10(14-6)12(9,4)5/h9-10,13H,7-8H2,1-6H3. The van der Waals surface area contributed by atoms with Gasteiger partial charge in [-0.3, -0.25) is 0 Å². The molecule has 0 saturated heterocycles. The fraction of sp³-hybridized carbons (Fsp3) is 1.00. The van der Waals surface area contributed by atoms with Gasteiger partial charge in [0.1, 0.15) is 0 Å². The number of rotatable bonds is 3. The predicted molar refractivity (Wildman–Crippen MR) is 60.4 cm³/mol. The number of ether oxygens (including phenoxy) is 1. The van der Waals surface area contributed by atoms with Crippen LogP contribution >= 0.6 is 0 Å². The van der Waals surface area contributed by atoms with Crippen molar-refractivity contribution in [2.24, 2.45) is 10.8 Å². The predicted octanol–water partition coefficient (Wildman–Crippen LogP) is 2.44. The lowest BCUT2D eigenvalue weighted by Gasteiger charge is -2.52. The summed E-state index contributed by atoms with van der Waals surface area (Å²) in [4.78, 5) is 0. The van der Waals surface area contributed by atoms with E-state index in [1.165, 1.54) is 0 Å². The number of nitrogens with one attached hydrogen (secondary N) is 1. The normalized spacial score (nSPS) is 31.3. The Morgan fingerprint density at radius 2 is 1.93 bits per heavy atom. The molecule has 2 atom stereocenters. The highest BCUT2D eigenvalue weighted by Gasteiger charge is 2.48. The van der Waals surface area contributed by atoms with Crippen molar-refractivity contribution in [3.8, 4) is 0 Å².